The molecule has 13 heavy (non-hydrogen) atoms. The van der Waals surface area contributed by atoms with E-state index < -0.39 is 36.8 Å². The second-order valence-corrected chi connectivity index (χ2v) is 3.71. The fraction of sp³-hybridized carbons (Fsp3) is 1.00. The number of hydrogen-bond acceptors (Lipinski definition) is 1. The third-order valence-corrected chi connectivity index (χ3v) is 2.28. The molecule has 0 spiro atoms. The summed E-state index contributed by atoms with van der Waals surface area (Å²) in [5.41, 5.74) is 3.65. The first-order chi connectivity index (χ1) is 5.68. The Morgan fingerprint density at radius 2 is 1.62 bits per heavy atom. The van der Waals surface area contributed by atoms with Crippen LogP contribution in [-0.4, -0.2) is 18.6 Å². The van der Waals surface area contributed by atoms with Gasteiger partial charge in [0.25, 0.3) is 0 Å². The maximum atomic E-state index is 12.4. The van der Waals surface area contributed by atoms with Gasteiger partial charge in [0.05, 0.1) is 6.42 Å². The topological polar surface area (TPSA) is 26.0 Å². The van der Waals surface area contributed by atoms with Crippen molar-refractivity contribution in [2.24, 2.45) is 11.1 Å². The molecule has 0 bridgehead atoms. The van der Waals surface area contributed by atoms with E-state index in [1.807, 2.05) is 0 Å². The average Bonchev–Trinajstić information content (AvgIpc) is 1.79. The predicted molar refractivity (Wildman–Crippen MR) is 36.3 cm³/mol. The van der Waals surface area contributed by atoms with Gasteiger partial charge in [0.2, 0.25) is 5.92 Å². The van der Waals surface area contributed by atoms with E-state index in [1.165, 1.54) is 0 Å². The van der Waals surface area contributed by atoms with E-state index in [1.54, 1.807) is 0 Å². The van der Waals surface area contributed by atoms with E-state index in [0.29, 0.717) is 0 Å². The molecule has 0 saturated heterocycles. The molecule has 0 unspecified atom stereocenters. The zero-order valence-electron chi connectivity index (χ0n) is 6.80. The minimum atomic E-state index is -4.41. The van der Waals surface area contributed by atoms with Crippen LogP contribution in [0.4, 0.5) is 22.0 Å². The summed E-state index contributed by atoms with van der Waals surface area (Å²) in [5.74, 6) is -2.95. The highest BCUT2D eigenvalue weighted by atomic mass is 19.4. The van der Waals surface area contributed by atoms with Crippen LogP contribution in [0.15, 0.2) is 0 Å². The molecule has 1 fully saturated rings. The molecule has 2 N–H and O–H groups in total. The lowest BCUT2D eigenvalue weighted by Gasteiger charge is -2.47. The molecule has 0 heterocycles. The van der Waals surface area contributed by atoms with Gasteiger partial charge in [0.15, 0.2) is 0 Å². The molecule has 0 aromatic heterocycles. The number of halogens is 5. The first-order valence-corrected chi connectivity index (χ1v) is 3.83. The van der Waals surface area contributed by atoms with Gasteiger partial charge in [-0.1, -0.05) is 0 Å². The molecule has 78 valence electrons. The monoisotopic (exact) mass is 203 g/mol. The van der Waals surface area contributed by atoms with Gasteiger partial charge in [0.1, 0.15) is 0 Å². The Balaban J connectivity index is 2.56. The van der Waals surface area contributed by atoms with Crippen molar-refractivity contribution in [2.45, 2.75) is 31.4 Å². The lowest BCUT2D eigenvalue weighted by Crippen LogP contribution is -2.52. The normalized spacial score (nSPS) is 25.4. The molecular formula is C7H10F5N. The van der Waals surface area contributed by atoms with Gasteiger partial charge in [-0.15, -0.1) is 0 Å². The highest BCUT2D eigenvalue weighted by Crippen LogP contribution is 2.55. The molecule has 1 nitrogen and oxygen atoms in total. The van der Waals surface area contributed by atoms with E-state index in [9.17, 15) is 22.0 Å². The van der Waals surface area contributed by atoms with Crippen molar-refractivity contribution in [3.8, 4) is 0 Å². The van der Waals surface area contributed by atoms with Gasteiger partial charge in [-0.2, -0.15) is 13.2 Å². The molecular weight excluding hydrogens is 193 g/mol. The maximum Gasteiger partial charge on any atom is 0.389 e. The van der Waals surface area contributed by atoms with Crippen molar-refractivity contribution in [1.29, 1.82) is 0 Å². The highest BCUT2D eigenvalue weighted by molar-refractivity contribution is 5.00. The Bertz CT molecular complexity index is 190. The number of alkyl halides is 5. The van der Waals surface area contributed by atoms with Gasteiger partial charge < -0.3 is 5.73 Å². The van der Waals surface area contributed by atoms with Gasteiger partial charge in [-0.05, 0) is 6.54 Å². The van der Waals surface area contributed by atoms with E-state index >= 15 is 0 Å². The zero-order valence-corrected chi connectivity index (χ0v) is 6.80. The fourth-order valence-corrected chi connectivity index (χ4v) is 1.81. The standard InChI is InChI=1S/C7H10F5N/c8-6(9)1-5(2-6,4-13)3-7(10,11)12/h1-4,13H2. The summed E-state index contributed by atoms with van der Waals surface area (Å²) in [5, 5.41) is 0. The maximum absolute atomic E-state index is 12.4. The molecule has 0 radical (unpaired) electrons. The average molecular weight is 203 g/mol. The molecule has 0 aromatic rings. The molecule has 0 amide bonds. The summed E-state index contributed by atoms with van der Waals surface area (Å²) in [7, 11) is 0. The minimum Gasteiger partial charge on any atom is -0.330 e. The van der Waals surface area contributed by atoms with E-state index in [2.05, 4.69) is 0 Å². The number of nitrogens with two attached hydrogens (primary N) is 1. The summed E-state index contributed by atoms with van der Waals surface area (Å²) in [6, 6.07) is 0. The van der Waals surface area contributed by atoms with Crippen LogP contribution in [0.1, 0.15) is 19.3 Å². The first kappa shape index (κ1) is 10.7. The van der Waals surface area contributed by atoms with Crippen molar-refractivity contribution in [3.63, 3.8) is 0 Å². The Morgan fingerprint density at radius 1 is 1.15 bits per heavy atom. The minimum absolute atomic E-state index is 0.331. The van der Waals surface area contributed by atoms with Crippen LogP contribution in [0.2, 0.25) is 0 Å². The Kier molecular flexibility index (Phi) is 2.30. The number of rotatable bonds is 2. The zero-order chi connectivity index (χ0) is 10.3. The van der Waals surface area contributed by atoms with Crippen molar-refractivity contribution < 1.29 is 22.0 Å². The van der Waals surface area contributed by atoms with Crippen molar-refractivity contribution in [1.82, 2.24) is 0 Å². The Hall–Kier alpha value is -0.390. The van der Waals surface area contributed by atoms with E-state index in [0.717, 1.165) is 0 Å². The van der Waals surface area contributed by atoms with E-state index in [-0.39, 0.29) is 6.54 Å². The lowest BCUT2D eigenvalue weighted by atomic mass is 9.64. The van der Waals surface area contributed by atoms with Crippen LogP contribution >= 0.6 is 0 Å². The SMILES string of the molecule is NCC1(CC(F)(F)F)CC(F)(F)C1. The molecule has 0 aliphatic heterocycles. The van der Waals surface area contributed by atoms with Crippen LogP contribution in [0.5, 0.6) is 0 Å². The largest absolute Gasteiger partial charge is 0.389 e. The van der Waals surface area contributed by atoms with Gasteiger partial charge in [-0.25, -0.2) is 8.78 Å². The van der Waals surface area contributed by atoms with Crippen molar-refractivity contribution in [2.75, 3.05) is 6.54 Å². The molecule has 6 heteroatoms. The van der Waals surface area contributed by atoms with Gasteiger partial charge >= 0.3 is 6.18 Å². The summed E-state index contributed by atoms with van der Waals surface area (Å²) in [6.45, 7) is -0.331. The van der Waals surface area contributed by atoms with Gasteiger partial charge in [0, 0.05) is 18.3 Å². The summed E-state index contributed by atoms with van der Waals surface area (Å²) in [6.07, 6.45) is -7.09. The Morgan fingerprint density at radius 3 is 1.85 bits per heavy atom. The second kappa shape index (κ2) is 2.80. The van der Waals surface area contributed by atoms with Crippen LogP contribution < -0.4 is 5.73 Å². The molecule has 1 saturated carbocycles. The fourth-order valence-electron chi connectivity index (χ4n) is 1.81. The Labute approximate surface area is 72.1 Å². The highest BCUT2D eigenvalue weighted by Gasteiger charge is 2.59. The predicted octanol–water partition coefficient (Wildman–Crippen LogP) is 2.31. The molecule has 0 aromatic carbocycles. The third kappa shape index (κ3) is 2.52. The quantitative estimate of drug-likeness (QED) is 0.685. The van der Waals surface area contributed by atoms with E-state index in [4.69, 9.17) is 5.73 Å². The van der Waals surface area contributed by atoms with Crippen LogP contribution in [0.25, 0.3) is 0 Å². The van der Waals surface area contributed by atoms with Crippen LogP contribution in [0, 0.1) is 5.41 Å². The summed E-state index contributed by atoms with van der Waals surface area (Å²) < 4.78 is 60.5. The third-order valence-electron chi connectivity index (χ3n) is 2.28. The van der Waals surface area contributed by atoms with Crippen LogP contribution in [0.3, 0.4) is 0 Å². The van der Waals surface area contributed by atoms with Crippen molar-refractivity contribution in [3.05, 3.63) is 0 Å². The smallest absolute Gasteiger partial charge is 0.330 e. The summed E-state index contributed by atoms with van der Waals surface area (Å²) >= 11 is 0. The lowest BCUT2D eigenvalue weighted by molar-refractivity contribution is -0.219. The first-order valence-electron chi connectivity index (χ1n) is 3.83. The second-order valence-electron chi connectivity index (χ2n) is 3.71. The molecule has 1 aliphatic rings. The molecule has 1 aliphatic carbocycles. The summed E-state index contributed by atoms with van der Waals surface area (Å²) in [4.78, 5) is 0. The molecule has 0 atom stereocenters. The number of hydrogen-bond donors (Lipinski definition) is 1. The van der Waals surface area contributed by atoms with Crippen LogP contribution in [-0.2, 0) is 0 Å². The molecule has 1 rings (SSSR count). The van der Waals surface area contributed by atoms with Gasteiger partial charge in [-0.3, -0.25) is 0 Å². The van der Waals surface area contributed by atoms with Crippen molar-refractivity contribution >= 4 is 0 Å².